The molecule has 1 aromatic heterocycles. The molecule has 1 aliphatic heterocycles. The van der Waals surface area contributed by atoms with Crippen LogP contribution in [0, 0.1) is 12.7 Å². The molecule has 0 unspecified atom stereocenters. The highest BCUT2D eigenvalue weighted by molar-refractivity contribution is 6.52. The van der Waals surface area contributed by atoms with Crippen molar-refractivity contribution in [1.29, 1.82) is 0 Å². The van der Waals surface area contributed by atoms with Gasteiger partial charge < -0.3 is 4.57 Å². The van der Waals surface area contributed by atoms with E-state index in [4.69, 9.17) is 0 Å². The molecule has 0 radical (unpaired) electrons. The van der Waals surface area contributed by atoms with Crippen LogP contribution in [0.15, 0.2) is 24.5 Å². The topological polar surface area (TPSA) is 55.2 Å². The van der Waals surface area contributed by atoms with Crippen LogP contribution in [0.2, 0.25) is 0 Å². The Balaban J connectivity index is 2.06. The Kier molecular flexibility index (Phi) is 3.08. The Morgan fingerprint density at radius 1 is 1.29 bits per heavy atom. The monoisotopic (exact) mass is 287 g/mol. The summed E-state index contributed by atoms with van der Waals surface area (Å²) in [5.74, 6) is -1.31. The van der Waals surface area contributed by atoms with Gasteiger partial charge in [0, 0.05) is 18.9 Å². The first-order chi connectivity index (χ1) is 10.0. The predicted molar refractivity (Wildman–Crippen MR) is 74.6 cm³/mol. The van der Waals surface area contributed by atoms with Crippen LogP contribution < -0.4 is 4.90 Å². The number of aryl methyl sites for hydroxylation is 2. The third kappa shape index (κ3) is 2.03. The fraction of sp³-hybridized carbons (Fsp3) is 0.267. The Morgan fingerprint density at radius 3 is 2.76 bits per heavy atom. The molecule has 2 heterocycles. The SMILES string of the molecule is CCn1ccnc1CN1C(=O)C(=O)c2cc(C)cc(F)c21. The van der Waals surface area contributed by atoms with E-state index in [0.717, 1.165) is 0 Å². The molecule has 5 nitrogen and oxygen atoms in total. The van der Waals surface area contributed by atoms with E-state index < -0.39 is 17.5 Å². The first-order valence-corrected chi connectivity index (χ1v) is 6.69. The smallest absolute Gasteiger partial charge is 0.299 e. The van der Waals surface area contributed by atoms with Gasteiger partial charge in [0.25, 0.3) is 11.7 Å². The molecular weight excluding hydrogens is 273 g/mol. The first-order valence-electron chi connectivity index (χ1n) is 6.69. The summed E-state index contributed by atoms with van der Waals surface area (Å²) < 4.78 is 16.0. The molecule has 2 aromatic rings. The predicted octanol–water partition coefficient (Wildman–Crippen LogP) is 2.08. The number of rotatable bonds is 3. The Morgan fingerprint density at radius 2 is 2.05 bits per heavy atom. The molecule has 6 heteroatoms. The Bertz CT molecular complexity index is 751. The van der Waals surface area contributed by atoms with Gasteiger partial charge in [-0.2, -0.15) is 0 Å². The van der Waals surface area contributed by atoms with E-state index in [9.17, 15) is 14.0 Å². The third-order valence-electron chi connectivity index (χ3n) is 3.60. The van der Waals surface area contributed by atoms with Gasteiger partial charge in [-0.25, -0.2) is 9.37 Å². The van der Waals surface area contributed by atoms with E-state index in [0.29, 0.717) is 17.9 Å². The number of imidazole rings is 1. The van der Waals surface area contributed by atoms with Crippen LogP contribution >= 0.6 is 0 Å². The molecule has 108 valence electrons. The molecule has 1 amide bonds. The summed E-state index contributed by atoms with van der Waals surface area (Å²) in [5.41, 5.74) is 0.803. The van der Waals surface area contributed by atoms with Crippen LogP contribution in [-0.4, -0.2) is 21.2 Å². The average Bonchev–Trinajstić information content (AvgIpc) is 2.98. The lowest BCUT2D eigenvalue weighted by molar-refractivity contribution is -0.114. The van der Waals surface area contributed by atoms with Gasteiger partial charge in [-0.1, -0.05) is 0 Å². The fourth-order valence-corrected chi connectivity index (χ4v) is 2.59. The van der Waals surface area contributed by atoms with Crippen molar-refractivity contribution in [1.82, 2.24) is 9.55 Å². The van der Waals surface area contributed by atoms with Gasteiger partial charge in [-0.15, -0.1) is 0 Å². The van der Waals surface area contributed by atoms with Crippen molar-refractivity contribution in [3.05, 3.63) is 47.3 Å². The van der Waals surface area contributed by atoms with Gasteiger partial charge in [0.1, 0.15) is 11.6 Å². The van der Waals surface area contributed by atoms with E-state index in [-0.39, 0.29) is 17.8 Å². The molecular formula is C15H14FN3O2. The molecule has 1 aromatic carbocycles. The second-order valence-corrected chi connectivity index (χ2v) is 4.99. The van der Waals surface area contributed by atoms with E-state index in [2.05, 4.69) is 4.98 Å². The number of hydrogen-bond acceptors (Lipinski definition) is 3. The molecule has 3 rings (SSSR count). The summed E-state index contributed by atoms with van der Waals surface area (Å²) in [4.78, 5) is 29.5. The normalized spacial score (nSPS) is 14.0. The lowest BCUT2D eigenvalue weighted by atomic mass is 10.1. The number of carbonyl (C=O) groups is 2. The minimum Gasteiger partial charge on any atom is -0.334 e. The van der Waals surface area contributed by atoms with Crippen LogP contribution in [-0.2, 0) is 17.9 Å². The minimum atomic E-state index is -0.708. The summed E-state index contributed by atoms with van der Waals surface area (Å²) in [5, 5.41) is 0. The maximum Gasteiger partial charge on any atom is 0.299 e. The number of amides is 1. The van der Waals surface area contributed by atoms with Gasteiger partial charge in [0.15, 0.2) is 0 Å². The zero-order valence-corrected chi connectivity index (χ0v) is 11.8. The highest BCUT2D eigenvalue weighted by Gasteiger charge is 2.38. The average molecular weight is 287 g/mol. The second kappa shape index (κ2) is 4.80. The van der Waals surface area contributed by atoms with Crippen LogP contribution in [0.5, 0.6) is 0 Å². The molecule has 0 spiro atoms. The molecule has 1 aliphatic rings. The zero-order valence-electron chi connectivity index (χ0n) is 11.8. The van der Waals surface area contributed by atoms with E-state index >= 15 is 0 Å². The standard InChI is InChI=1S/C15H14FN3O2/c1-3-18-5-4-17-12(18)8-19-13-10(14(20)15(19)21)6-9(2)7-11(13)16/h4-7H,3,8H2,1-2H3. The molecule has 0 bridgehead atoms. The second-order valence-electron chi connectivity index (χ2n) is 4.99. The van der Waals surface area contributed by atoms with Crippen molar-refractivity contribution in [2.45, 2.75) is 26.9 Å². The highest BCUT2D eigenvalue weighted by atomic mass is 19.1. The molecule has 0 N–H and O–H groups in total. The van der Waals surface area contributed by atoms with Crippen molar-refractivity contribution in [3.8, 4) is 0 Å². The summed E-state index contributed by atoms with van der Waals surface area (Å²) in [6.07, 6.45) is 3.40. The third-order valence-corrected chi connectivity index (χ3v) is 3.60. The lowest BCUT2D eigenvalue weighted by Crippen LogP contribution is -2.30. The summed E-state index contributed by atoms with van der Waals surface area (Å²) in [6.45, 7) is 4.40. The molecule has 0 fully saturated rings. The maximum atomic E-state index is 14.2. The number of Topliss-reactive ketones (excluding diaryl/α,β-unsaturated/α-hetero) is 1. The van der Waals surface area contributed by atoms with E-state index in [1.54, 1.807) is 25.4 Å². The van der Waals surface area contributed by atoms with Crippen molar-refractivity contribution in [2.24, 2.45) is 0 Å². The molecule has 0 aliphatic carbocycles. The van der Waals surface area contributed by atoms with Gasteiger partial charge in [0.05, 0.1) is 17.8 Å². The van der Waals surface area contributed by atoms with E-state index in [1.807, 2.05) is 11.5 Å². The lowest BCUT2D eigenvalue weighted by Gasteiger charge is -2.17. The minimum absolute atomic E-state index is 0.0567. The van der Waals surface area contributed by atoms with Crippen molar-refractivity contribution in [3.63, 3.8) is 0 Å². The number of benzene rings is 1. The quantitative estimate of drug-likeness (QED) is 0.812. The van der Waals surface area contributed by atoms with Crippen molar-refractivity contribution >= 4 is 17.4 Å². The summed E-state index contributed by atoms with van der Waals surface area (Å²) in [7, 11) is 0. The van der Waals surface area contributed by atoms with Gasteiger partial charge in [0.2, 0.25) is 0 Å². The molecule has 0 saturated heterocycles. The van der Waals surface area contributed by atoms with Crippen LogP contribution in [0.25, 0.3) is 0 Å². The van der Waals surface area contributed by atoms with Gasteiger partial charge in [-0.3, -0.25) is 14.5 Å². The number of hydrogen-bond donors (Lipinski definition) is 0. The molecule has 0 saturated carbocycles. The number of fused-ring (bicyclic) bond motifs is 1. The number of halogens is 1. The van der Waals surface area contributed by atoms with E-state index in [1.165, 1.54) is 11.0 Å². The number of ketones is 1. The fourth-order valence-electron chi connectivity index (χ4n) is 2.59. The first kappa shape index (κ1) is 13.5. The summed E-state index contributed by atoms with van der Waals surface area (Å²) >= 11 is 0. The van der Waals surface area contributed by atoms with Crippen LogP contribution in [0.4, 0.5) is 10.1 Å². The molecule has 21 heavy (non-hydrogen) atoms. The van der Waals surface area contributed by atoms with Gasteiger partial charge in [-0.05, 0) is 31.5 Å². The largest absolute Gasteiger partial charge is 0.334 e. The number of nitrogens with zero attached hydrogens (tertiary/aromatic N) is 3. The number of carbonyl (C=O) groups excluding carboxylic acids is 2. The number of anilines is 1. The van der Waals surface area contributed by atoms with Crippen molar-refractivity contribution in [2.75, 3.05) is 4.90 Å². The number of aromatic nitrogens is 2. The van der Waals surface area contributed by atoms with Crippen LogP contribution in [0.3, 0.4) is 0 Å². The maximum absolute atomic E-state index is 14.2. The Hall–Kier alpha value is -2.50. The summed E-state index contributed by atoms with van der Waals surface area (Å²) in [6, 6.07) is 2.87. The highest BCUT2D eigenvalue weighted by Crippen LogP contribution is 2.33. The zero-order chi connectivity index (χ0) is 15.1. The van der Waals surface area contributed by atoms with Crippen LogP contribution in [0.1, 0.15) is 28.7 Å². The Labute approximate surface area is 121 Å². The van der Waals surface area contributed by atoms with Crippen molar-refractivity contribution < 1.29 is 14.0 Å². The van der Waals surface area contributed by atoms with Gasteiger partial charge >= 0.3 is 0 Å². The molecule has 0 atom stereocenters.